The largest absolute Gasteiger partial charge is 0.458 e. The van der Waals surface area contributed by atoms with Gasteiger partial charge in [0.1, 0.15) is 17.3 Å². The molecule has 0 spiro atoms. The quantitative estimate of drug-likeness (QED) is 0.471. The number of nitrogens with one attached hydrogen (secondary N) is 2. The van der Waals surface area contributed by atoms with Gasteiger partial charge in [-0.1, -0.05) is 25.1 Å². The van der Waals surface area contributed by atoms with Crippen LogP contribution in [0.25, 0.3) is 21.1 Å². The zero-order valence-electron chi connectivity index (χ0n) is 16.8. The number of carbonyl (C=O) groups is 1. The van der Waals surface area contributed by atoms with E-state index in [4.69, 9.17) is 4.74 Å². The Bertz CT molecular complexity index is 1300. The summed E-state index contributed by atoms with van der Waals surface area (Å²) in [6.45, 7) is 2.23. The highest BCUT2D eigenvalue weighted by Crippen LogP contribution is 2.35. The normalized spacial score (nSPS) is 16.1. The minimum atomic E-state index is -0.303. The van der Waals surface area contributed by atoms with Gasteiger partial charge in [-0.05, 0) is 48.8 Å². The molecule has 1 aliphatic rings. The molecule has 0 fully saturated rings. The summed E-state index contributed by atoms with van der Waals surface area (Å²) >= 11 is 1.60. The molecule has 2 N–H and O–H groups in total. The van der Waals surface area contributed by atoms with Crippen LogP contribution in [0.4, 0.5) is 0 Å². The van der Waals surface area contributed by atoms with Crippen molar-refractivity contribution < 1.29 is 9.53 Å². The summed E-state index contributed by atoms with van der Waals surface area (Å²) in [6.07, 6.45) is 5.86. The number of thiophene rings is 1. The first-order valence-corrected chi connectivity index (χ1v) is 11.1. The van der Waals surface area contributed by atoms with Crippen molar-refractivity contribution in [1.82, 2.24) is 15.0 Å². The maximum atomic E-state index is 12.6. The van der Waals surface area contributed by atoms with Crippen molar-refractivity contribution in [3.05, 3.63) is 62.6 Å². The van der Waals surface area contributed by atoms with E-state index in [0.717, 1.165) is 51.5 Å². The molecule has 4 aromatic rings. The van der Waals surface area contributed by atoms with Gasteiger partial charge >= 0.3 is 5.97 Å². The molecular weight excluding hydrogens is 398 g/mol. The second-order valence-electron chi connectivity index (χ2n) is 8.06. The highest BCUT2D eigenvalue weighted by atomic mass is 32.1. The molecule has 6 nitrogen and oxygen atoms in total. The Morgan fingerprint density at radius 1 is 1.33 bits per heavy atom. The van der Waals surface area contributed by atoms with Crippen LogP contribution in [-0.2, 0) is 35.4 Å². The smallest absolute Gasteiger partial charge is 0.306 e. The lowest BCUT2D eigenvalue weighted by molar-refractivity contribution is -0.145. The van der Waals surface area contributed by atoms with Crippen molar-refractivity contribution in [3.8, 4) is 0 Å². The van der Waals surface area contributed by atoms with Crippen molar-refractivity contribution in [2.24, 2.45) is 5.92 Å². The van der Waals surface area contributed by atoms with E-state index in [2.05, 4.69) is 21.9 Å². The molecule has 0 aliphatic heterocycles. The van der Waals surface area contributed by atoms with Crippen molar-refractivity contribution >= 4 is 38.4 Å². The van der Waals surface area contributed by atoms with Crippen LogP contribution in [0.15, 0.2) is 35.3 Å². The molecule has 0 radical (unpaired) electrons. The Kier molecular flexibility index (Phi) is 4.90. The van der Waals surface area contributed by atoms with E-state index in [1.165, 1.54) is 4.88 Å². The molecule has 0 amide bonds. The second-order valence-corrected chi connectivity index (χ2v) is 9.15. The summed E-state index contributed by atoms with van der Waals surface area (Å²) in [4.78, 5) is 37.5. The number of aromatic amines is 2. The van der Waals surface area contributed by atoms with Gasteiger partial charge in [-0.15, -0.1) is 11.3 Å². The molecule has 5 rings (SSSR count). The number of ether oxygens (including phenoxy) is 1. The third-order valence-electron chi connectivity index (χ3n) is 5.86. The summed E-state index contributed by atoms with van der Waals surface area (Å²) in [5.74, 6) is 0.740. The fraction of sp³-hybridized carbons (Fsp3) is 0.348. The average molecular weight is 422 g/mol. The lowest BCUT2D eigenvalue weighted by Crippen LogP contribution is -2.16. The molecule has 1 atom stereocenters. The minimum Gasteiger partial charge on any atom is -0.458 e. The molecule has 0 unspecified atom stereocenters. The van der Waals surface area contributed by atoms with Gasteiger partial charge in [-0.3, -0.25) is 9.59 Å². The SMILES string of the molecule is C[C@H]1CCc2c(sc3nc(COC(=O)CCc4c[nH]c5ccccc45)[nH]c(=O)c23)C1. The van der Waals surface area contributed by atoms with Gasteiger partial charge < -0.3 is 14.7 Å². The van der Waals surface area contributed by atoms with Crippen LogP contribution in [0, 0.1) is 5.92 Å². The number of aromatic nitrogens is 3. The van der Waals surface area contributed by atoms with E-state index in [0.29, 0.717) is 18.2 Å². The molecule has 3 heterocycles. The van der Waals surface area contributed by atoms with Crippen LogP contribution in [0.2, 0.25) is 0 Å². The number of carbonyl (C=O) groups excluding carboxylic acids is 1. The molecule has 1 aliphatic carbocycles. The molecule has 0 saturated heterocycles. The topological polar surface area (TPSA) is 87.8 Å². The first-order valence-electron chi connectivity index (χ1n) is 10.3. The van der Waals surface area contributed by atoms with E-state index < -0.39 is 0 Å². The number of esters is 1. The first kappa shape index (κ1) is 19.1. The number of fused-ring (bicyclic) bond motifs is 4. The Morgan fingerprint density at radius 2 is 2.20 bits per heavy atom. The van der Waals surface area contributed by atoms with Crippen LogP contribution in [0.1, 0.15) is 41.6 Å². The van der Waals surface area contributed by atoms with E-state index in [1.807, 2.05) is 30.5 Å². The second kappa shape index (κ2) is 7.72. The average Bonchev–Trinajstić information content (AvgIpc) is 3.31. The Balaban J connectivity index is 1.26. The number of benzene rings is 1. The first-order chi connectivity index (χ1) is 14.6. The Labute approximate surface area is 177 Å². The van der Waals surface area contributed by atoms with E-state index in [1.54, 1.807) is 11.3 Å². The molecule has 0 bridgehead atoms. The Hall–Kier alpha value is -2.93. The lowest BCUT2D eigenvalue weighted by Gasteiger charge is -2.17. The van der Waals surface area contributed by atoms with Crippen LogP contribution in [-0.4, -0.2) is 20.9 Å². The van der Waals surface area contributed by atoms with Crippen molar-refractivity contribution in [2.75, 3.05) is 0 Å². The van der Waals surface area contributed by atoms with Gasteiger partial charge in [0.25, 0.3) is 5.56 Å². The molecule has 30 heavy (non-hydrogen) atoms. The van der Waals surface area contributed by atoms with Gasteiger partial charge in [0, 0.05) is 28.4 Å². The maximum Gasteiger partial charge on any atom is 0.306 e. The number of hydrogen-bond acceptors (Lipinski definition) is 5. The molecule has 3 aromatic heterocycles. The summed E-state index contributed by atoms with van der Waals surface area (Å²) in [7, 11) is 0. The minimum absolute atomic E-state index is 0.0170. The lowest BCUT2D eigenvalue weighted by atomic mass is 9.89. The predicted molar refractivity (Wildman–Crippen MR) is 118 cm³/mol. The number of nitrogens with zero attached hydrogens (tertiary/aromatic N) is 1. The zero-order valence-corrected chi connectivity index (χ0v) is 17.6. The summed E-state index contributed by atoms with van der Waals surface area (Å²) in [5.41, 5.74) is 3.18. The summed E-state index contributed by atoms with van der Waals surface area (Å²) < 4.78 is 5.38. The molecular formula is C23H23N3O3S. The number of rotatable bonds is 5. The predicted octanol–water partition coefficient (Wildman–Crippen LogP) is 4.27. The highest BCUT2D eigenvalue weighted by Gasteiger charge is 2.23. The number of hydrogen-bond donors (Lipinski definition) is 2. The van der Waals surface area contributed by atoms with E-state index in [9.17, 15) is 9.59 Å². The van der Waals surface area contributed by atoms with Gasteiger partial charge in [0.15, 0.2) is 0 Å². The molecule has 1 aromatic carbocycles. The number of para-hydroxylation sites is 1. The number of H-pyrrole nitrogens is 2. The third-order valence-corrected chi connectivity index (χ3v) is 7.01. The zero-order chi connectivity index (χ0) is 20.7. The maximum absolute atomic E-state index is 12.6. The number of aryl methyl sites for hydroxylation is 2. The standard InChI is InChI=1S/C23H23N3O3S/c1-13-6-8-16-18(10-13)30-23-21(16)22(28)25-19(26-23)12-29-20(27)9-7-14-11-24-17-5-3-2-4-15(14)17/h2-5,11,13,24H,6-10,12H2,1H3,(H,25,26,28)/t13-/m0/s1. The van der Waals surface area contributed by atoms with Gasteiger partial charge in [0.05, 0.1) is 5.39 Å². The van der Waals surface area contributed by atoms with Crippen molar-refractivity contribution in [2.45, 2.75) is 45.6 Å². The van der Waals surface area contributed by atoms with E-state index in [-0.39, 0.29) is 24.6 Å². The van der Waals surface area contributed by atoms with Crippen molar-refractivity contribution in [1.29, 1.82) is 0 Å². The van der Waals surface area contributed by atoms with Crippen LogP contribution < -0.4 is 5.56 Å². The highest BCUT2D eigenvalue weighted by molar-refractivity contribution is 7.18. The molecule has 154 valence electrons. The van der Waals surface area contributed by atoms with Crippen molar-refractivity contribution in [3.63, 3.8) is 0 Å². The van der Waals surface area contributed by atoms with Gasteiger partial charge in [0.2, 0.25) is 0 Å². The van der Waals surface area contributed by atoms with Crippen LogP contribution in [0.3, 0.4) is 0 Å². The summed E-state index contributed by atoms with van der Waals surface area (Å²) in [6, 6.07) is 8.02. The molecule has 7 heteroatoms. The molecule has 0 saturated carbocycles. The monoisotopic (exact) mass is 421 g/mol. The van der Waals surface area contributed by atoms with E-state index >= 15 is 0 Å². The fourth-order valence-corrected chi connectivity index (χ4v) is 5.66. The fourth-order valence-electron chi connectivity index (χ4n) is 4.26. The summed E-state index contributed by atoms with van der Waals surface area (Å²) in [5, 5.41) is 1.84. The Morgan fingerprint density at radius 3 is 3.10 bits per heavy atom. The van der Waals surface area contributed by atoms with Gasteiger partial charge in [-0.25, -0.2) is 4.98 Å². The van der Waals surface area contributed by atoms with Crippen LogP contribution >= 0.6 is 11.3 Å². The van der Waals surface area contributed by atoms with Crippen LogP contribution in [0.5, 0.6) is 0 Å². The van der Waals surface area contributed by atoms with Gasteiger partial charge in [-0.2, -0.15) is 0 Å². The third kappa shape index (κ3) is 3.54.